The van der Waals surface area contributed by atoms with Crippen molar-refractivity contribution in [2.45, 2.75) is 24.9 Å². The van der Waals surface area contributed by atoms with E-state index < -0.39 is 0 Å². The molecular formula is C13H15ClN2O. The van der Waals surface area contributed by atoms with Crippen molar-refractivity contribution in [3.63, 3.8) is 0 Å². The summed E-state index contributed by atoms with van der Waals surface area (Å²) in [5.41, 5.74) is 1.00. The van der Waals surface area contributed by atoms with Crippen LogP contribution < -0.4 is 5.32 Å². The van der Waals surface area contributed by atoms with Gasteiger partial charge in [-0.15, -0.1) is 0 Å². The highest BCUT2D eigenvalue weighted by atomic mass is 35.5. The Morgan fingerprint density at radius 3 is 2.82 bits per heavy atom. The molecule has 0 radical (unpaired) electrons. The summed E-state index contributed by atoms with van der Waals surface area (Å²) < 4.78 is 0. The van der Waals surface area contributed by atoms with Gasteiger partial charge in [-0.1, -0.05) is 23.7 Å². The fourth-order valence-electron chi connectivity index (χ4n) is 2.76. The summed E-state index contributed by atoms with van der Waals surface area (Å²) in [5, 5.41) is 4.05. The number of rotatable bonds is 1. The molecule has 4 heteroatoms. The lowest BCUT2D eigenvalue weighted by Crippen LogP contribution is -2.53. The maximum Gasteiger partial charge on any atom is 0.244 e. The molecule has 2 aliphatic heterocycles. The SMILES string of the molecule is O=C1C(c2ccc(Cl)cc2)NCC2CCCN12. The number of nitrogens with zero attached hydrogens (tertiary/aromatic N) is 1. The molecule has 1 aromatic rings. The lowest BCUT2D eigenvalue weighted by molar-refractivity contribution is -0.137. The Kier molecular flexibility index (Phi) is 2.81. The van der Waals surface area contributed by atoms with Crippen molar-refractivity contribution in [1.82, 2.24) is 10.2 Å². The smallest absolute Gasteiger partial charge is 0.244 e. The average Bonchev–Trinajstić information content (AvgIpc) is 2.80. The van der Waals surface area contributed by atoms with Crippen molar-refractivity contribution < 1.29 is 4.79 Å². The first-order chi connectivity index (χ1) is 8.25. The Labute approximate surface area is 106 Å². The summed E-state index contributed by atoms with van der Waals surface area (Å²) in [6.07, 6.45) is 2.26. The quantitative estimate of drug-likeness (QED) is 0.827. The number of benzene rings is 1. The fraction of sp³-hybridized carbons (Fsp3) is 0.462. The fourth-order valence-corrected chi connectivity index (χ4v) is 2.89. The van der Waals surface area contributed by atoms with Gasteiger partial charge in [-0.3, -0.25) is 4.79 Å². The van der Waals surface area contributed by atoms with Gasteiger partial charge in [0.05, 0.1) is 0 Å². The third-order valence-corrected chi connectivity index (χ3v) is 3.92. The first-order valence-electron chi connectivity index (χ1n) is 6.05. The number of hydrogen-bond donors (Lipinski definition) is 1. The van der Waals surface area contributed by atoms with Crippen molar-refractivity contribution in [1.29, 1.82) is 0 Å². The highest BCUT2D eigenvalue weighted by molar-refractivity contribution is 6.30. The first-order valence-corrected chi connectivity index (χ1v) is 6.43. The number of halogens is 1. The largest absolute Gasteiger partial charge is 0.337 e. The van der Waals surface area contributed by atoms with E-state index in [1.54, 1.807) is 0 Å². The Morgan fingerprint density at radius 1 is 1.29 bits per heavy atom. The second-order valence-corrected chi connectivity index (χ2v) is 5.16. The molecule has 0 aliphatic carbocycles. The summed E-state index contributed by atoms with van der Waals surface area (Å²) in [6, 6.07) is 7.74. The Morgan fingerprint density at radius 2 is 2.06 bits per heavy atom. The predicted molar refractivity (Wildman–Crippen MR) is 66.9 cm³/mol. The number of carbonyl (C=O) groups excluding carboxylic acids is 1. The van der Waals surface area contributed by atoms with E-state index >= 15 is 0 Å². The van der Waals surface area contributed by atoms with Gasteiger partial charge in [0.25, 0.3) is 0 Å². The van der Waals surface area contributed by atoms with Crippen LogP contribution in [-0.2, 0) is 4.79 Å². The molecule has 3 rings (SSSR count). The summed E-state index contributed by atoms with van der Waals surface area (Å²) in [5.74, 6) is 0.209. The minimum atomic E-state index is -0.193. The minimum absolute atomic E-state index is 0.193. The first kappa shape index (κ1) is 11.1. The second kappa shape index (κ2) is 4.31. The molecule has 2 fully saturated rings. The zero-order valence-electron chi connectivity index (χ0n) is 9.53. The monoisotopic (exact) mass is 250 g/mol. The molecule has 1 N–H and O–H groups in total. The van der Waals surface area contributed by atoms with Crippen LogP contribution in [0.25, 0.3) is 0 Å². The zero-order valence-corrected chi connectivity index (χ0v) is 10.3. The number of carbonyl (C=O) groups is 1. The van der Waals surface area contributed by atoms with Crippen LogP contribution in [0.2, 0.25) is 5.02 Å². The van der Waals surface area contributed by atoms with Gasteiger partial charge in [-0.25, -0.2) is 0 Å². The average molecular weight is 251 g/mol. The van der Waals surface area contributed by atoms with Crippen molar-refractivity contribution >= 4 is 17.5 Å². The third-order valence-electron chi connectivity index (χ3n) is 3.67. The lowest BCUT2D eigenvalue weighted by Gasteiger charge is -2.35. The number of hydrogen-bond acceptors (Lipinski definition) is 2. The Balaban J connectivity index is 1.84. The summed E-state index contributed by atoms with van der Waals surface area (Å²) in [6.45, 7) is 1.81. The molecule has 90 valence electrons. The summed E-state index contributed by atoms with van der Waals surface area (Å²) >= 11 is 5.86. The van der Waals surface area contributed by atoms with Crippen molar-refractivity contribution in [2.24, 2.45) is 0 Å². The van der Waals surface area contributed by atoms with Gasteiger partial charge in [0, 0.05) is 24.2 Å². The van der Waals surface area contributed by atoms with E-state index in [0.717, 1.165) is 31.5 Å². The van der Waals surface area contributed by atoms with E-state index in [0.29, 0.717) is 11.1 Å². The van der Waals surface area contributed by atoms with E-state index in [2.05, 4.69) is 5.32 Å². The van der Waals surface area contributed by atoms with Crippen LogP contribution in [0, 0.1) is 0 Å². The zero-order chi connectivity index (χ0) is 11.8. The van der Waals surface area contributed by atoms with E-state index in [-0.39, 0.29) is 11.9 Å². The third kappa shape index (κ3) is 1.94. The molecule has 17 heavy (non-hydrogen) atoms. The van der Waals surface area contributed by atoms with Gasteiger partial charge in [-0.05, 0) is 30.5 Å². The molecule has 2 atom stereocenters. The second-order valence-electron chi connectivity index (χ2n) is 4.72. The molecule has 2 heterocycles. The van der Waals surface area contributed by atoms with E-state index in [9.17, 15) is 4.79 Å². The minimum Gasteiger partial charge on any atom is -0.337 e. The van der Waals surface area contributed by atoms with Crippen LogP contribution in [0.5, 0.6) is 0 Å². The van der Waals surface area contributed by atoms with Crippen LogP contribution in [0.1, 0.15) is 24.4 Å². The Bertz CT molecular complexity index is 432. The van der Waals surface area contributed by atoms with Crippen LogP contribution >= 0.6 is 11.6 Å². The van der Waals surface area contributed by atoms with Crippen molar-refractivity contribution in [3.05, 3.63) is 34.9 Å². The highest BCUT2D eigenvalue weighted by Gasteiger charge is 2.38. The van der Waals surface area contributed by atoms with Gasteiger partial charge in [-0.2, -0.15) is 0 Å². The molecule has 2 saturated heterocycles. The molecule has 2 unspecified atom stereocenters. The maximum absolute atomic E-state index is 12.3. The van der Waals surface area contributed by atoms with Crippen LogP contribution in [0.4, 0.5) is 0 Å². The summed E-state index contributed by atoms with van der Waals surface area (Å²) in [4.78, 5) is 14.3. The molecule has 1 amide bonds. The number of piperazine rings is 1. The summed E-state index contributed by atoms with van der Waals surface area (Å²) in [7, 11) is 0. The van der Waals surface area contributed by atoms with Gasteiger partial charge >= 0.3 is 0 Å². The lowest BCUT2D eigenvalue weighted by atomic mass is 10.0. The number of amides is 1. The van der Waals surface area contributed by atoms with Crippen LogP contribution in [0.3, 0.4) is 0 Å². The van der Waals surface area contributed by atoms with E-state index in [1.807, 2.05) is 29.2 Å². The number of nitrogens with one attached hydrogen (secondary N) is 1. The molecule has 0 aromatic heterocycles. The molecule has 1 aromatic carbocycles. The molecule has 3 nitrogen and oxygen atoms in total. The van der Waals surface area contributed by atoms with Gasteiger partial charge in [0.1, 0.15) is 6.04 Å². The van der Waals surface area contributed by atoms with Crippen molar-refractivity contribution in [2.75, 3.05) is 13.1 Å². The van der Waals surface area contributed by atoms with Gasteiger partial charge in [0.2, 0.25) is 5.91 Å². The topological polar surface area (TPSA) is 32.3 Å². The van der Waals surface area contributed by atoms with Gasteiger partial charge in [0.15, 0.2) is 0 Å². The molecule has 2 aliphatic rings. The highest BCUT2D eigenvalue weighted by Crippen LogP contribution is 2.27. The van der Waals surface area contributed by atoms with Crippen LogP contribution in [0.15, 0.2) is 24.3 Å². The van der Waals surface area contributed by atoms with E-state index in [1.165, 1.54) is 0 Å². The van der Waals surface area contributed by atoms with Gasteiger partial charge < -0.3 is 10.2 Å². The van der Waals surface area contributed by atoms with E-state index in [4.69, 9.17) is 11.6 Å². The molecule has 0 spiro atoms. The number of fused-ring (bicyclic) bond motifs is 1. The van der Waals surface area contributed by atoms with Crippen LogP contribution in [-0.4, -0.2) is 29.9 Å². The molecular weight excluding hydrogens is 236 g/mol. The van der Waals surface area contributed by atoms with Crippen molar-refractivity contribution in [3.8, 4) is 0 Å². The maximum atomic E-state index is 12.3. The standard InChI is InChI=1S/C13H15ClN2O/c14-10-5-3-9(4-6-10)12-13(17)16-7-1-2-11(16)8-15-12/h3-6,11-12,15H,1-2,7-8H2. The predicted octanol–water partition coefficient (Wildman–Crippen LogP) is 1.98. The molecule has 0 saturated carbocycles. The Hall–Kier alpha value is -1.06. The molecule has 0 bridgehead atoms. The normalized spacial score (nSPS) is 28.3.